The molecule has 0 saturated heterocycles. The highest BCUT2D eigenvalue weighted by atomic mass is 16.5. The highest BCUT2D eigenvalue weighted by Crippen LogP contribution is 2.22. The first-order valence-electron chi connectivity index (χ1n) is 8.13. The summed E-state index contributed by atoms with van der Waals surface area (Å²) in [7, 11) is 1.61. The van der Waals surface area contributed by atoms with Gasteiger partial charge in [-0.05, 0) is 35.4 Å². The number of nitrogens with zero attached hydrogens (tertiary/aromatic N) is 2. The summed E-state index contributed by atoms with van der Waals surface area (Å²) in [6, 6.07) is 13.3. The predicted molar refractivity (Wildman–Crippen MR) is 97.8 cm³/mol. The Bertz CT molecular complexity index is 1050. The van der Waals surface area contributed by atoms with Gasteiger partial charge in [-0.15, -0.1) is 0 Å². The molecule has 26 heavy (non-hydrogen) atoms. The lowest BCUT2D eigenvalue weighted by Gasteiger charge is -2.05. The average Bonchev–Trinajstić information content (AvgIpc) is 3.35. The van der Waals surface area contributed by atoms with Gasteiger partial charge in [-0.1, -0.05) is 18.2 Å². The van der Waals surface area contributed by atoms with E-state index in [1.54, 1.807) is 13.3 Å². The van der Waals surface area contributed by atoms with E-state index in [9.17, 15) is 4.79 Å². The van der Waals surface area contributed by atoms with Gasteiger partial charge in [0.2, 0.25) is 0 Å². The van der Waals surface area contributed by atoms with Crippen molar-refractivity contribution in [2.45, 2.75) is 6.54 Å². The molecule has 0 aliphatic carbocycles. The predicted octanol–water partition coefficient (Wildman–Crippen LogP) is 2.89. The monoisotopic (exact) mass is 347 g/mol. The number of ether oxygens (including phenoxy) is 1. The molecule has 2 aromatic carbocycles. The van der Waals surface area contributed by atoms with E-state index in [4.69, 9.17) is 4.74 Å². The molecule has 7 nitrogen and oxygen atoms in total. The molecule has 1 amide bonds. The van der Waals surface area contributed by atoms with Crippen LogP contribution in [0.15, 0.2) is 54.9 Å². The molecule has 0 fully saturated rings. The minimum Gasteiger partial charge on any atom is -0.497 e. The van der Waals surface area contributed by atoms with Crippen molar-refractivity contribution in [1.82, 2.24) is 25.5 Å². The van der Waals surface area contributed by atoms with Crippen LogP contribution in [-0.2, 0) is 6.54 Å². The summed E-state index contributed by atoms with van der Waals surface area (Å²) in [6.45, 7) is 0.396. The van der Waals surface area contributed by atoms with Crippen LogP contribution < -0.4 is 10.1 Å². The Hall–Kier alpha value is -3.61. The molecule has 4 aromatic rings. The van der Waals surface area contributed by atoms with Gasteiger partial charge in [0.15, 0.2) is 5.82 Å². The van der Waals surface area contributed by atoms with Gasteiger partial charge in [0.1, 0.15) is 5.75 Å². The third-order valence-electron chi connectivity index (χ3n) is 4.12. The number of fused-ring (bicyclic) bond motifs is 1. The van der Waals surface area contributed by atoms with E-state index < -0.39 is 0 Å². The maximum atomic E-state index is 12.4. The van der Waals surface area contributed by atoms with E-state index in [0.717, 1.165) is 33.5 Å². The first-order chi connectivity index (χ1) is 12.7. The standard InChI is InChI=1S/C19H17N5O2/c1-26-15-4-2-3-12(7-15)9-20-19(25)18-23-16-6-5-13(8-17(16)24-18)14-10-21-22-11-14/h2-8,10-11H,9H2,1H3,(H,20,25)(H,21,22)(H,23,24). The number of H-pyrrole nitrogens is 2. The van der Waals surface area contributed by atoms with Gasteiger partial charge in [0.05, 0.1) is 24.3 Å². The largest absolute Gasteiger partial charge is 0.497 e. The van der Waals surface area contributed by atoms with Crippen LogP contribution in [0.1, 0.15) is 16.2 Å². The number of carbonyl (C=O) groups excluding carboxylic acids is 1. The van der Waals surface area contributed by atoms with Crippen LogP contribution in [-0.4, -0.2) is 33.2 Å². The molecule has 2 heterocycles. The van der Waals surface area contributed by atoms with Gasteiger partial charge in [0, 0.05) is 18.3 Å². The van der Waals surface area contributed by atoms with Crippen molar-refractivity contribution in [1.29, 1.82) is 0 Å². The van der Waals surface area contributed by atoms with Crippen LogP contribution in [0.5, 0.6) is 5.75 Å². The zero-order chi connectivity index (χ0) is 17.9. The number of aromatic nitrogens is 4. The second-order valence-electron chi connectivity index (χ2n) is 5.84. The lowest BCUT2D eigenvalue weighted by atomic mass is 10.1. The second-order valence-corrected chi connectivity index (χ2v) is 5.84. The topological polar surface area (TPSA) is 95.7 Å². The van der Waals surface area contributed by atoms with E-state index in [1.807, 2.05) is 48.7 Å². The third kappa shape index (κ3) is 3.14. The zero-order valence-corrected chi connectivity index (χ0v) is 14.1. The number of carbonyl (C=O) groups is 1. The number of imidazole rings is 1. The normalized spacial score (nSPS) is 10.8. The van der Waals surface area contributed by atoms with Crippen molar-refractivity contribution in [2.75, 3.05) is 7.11 Å². The van der Waals surface area contributed by atoms with Gasteiger partial charge >= 0.3 is 0 Å². The van der Waals surface area contributed by atoms with Crippen molar-refractivity contribution in [3.63, 3.8) is 0 Å². The summed E-state index contributed by atoms with van der Waals surface area (Å²) in [5, 5.41) is 9.61. The lowest BCUT2D eigenvalue weighted by molar-refractivity contribution is 0.0941. The fourth-order valence-corrected chi connectivity index (χ4v) is 2.75. The molecule has 0 radical (unpaired) electrons. The molecule has 0 saturated carbocycles. The fourth-order valence-electron chi connectivity index (χ4n) is 2.75. The quantitative estimate of drug-likeness (QED) is 0.517. The molecule has 7 heteroatoms. The molecular weight excluding hydrogens is 330 g/mol. The molecule has 0 unspecified atom stereocenters. The van der Waals surface area contributed by atoms with Crippen molar-refractivity contribution in [2.24, 2.45) is 0 Å². The minimum absolute atomic E-state index is 0.256. The summed E-state index contributed by atoms with van der Waals surface area (Å²) >= 11 is 0. The zero-order valence-electron chi connectivity index (χ0n) is 14.1. The molecule has 0 aliphatic heterocycles. The van der Waals surface area contributed by atoms with Gasteiger partial charge in [-0.2, -0.15) is 5.10 Å². The third-order valence-corrected chi connectivity index (χ3v) is 4.12. The Morgan fingerprint density at radius 1 is 1.19 bits per heavy atom. The van der Waals surface area contributed by atoms with E-state index in [0.29, 0.717) is 6.54 Å². The fraction of sp³-hybridized carbons (Fsp3) is 0.105. The number of nitrogens with one attached hydrogen (secondary N) is 3. The van der Waals surface area contributed by atoms with Crippen molar-refractivity contribution in [3.8, 4) is 16.9 Å². The maximum absolute atomic E-state index is 12.4. The Kier molecular flexibility index (Phi) is 4.10. The number of amides is 1. The van der Waals surface area contributed by atoms with E-state index in [2.05, 4.69) is 25.5 Å². The smallest absolute Gasteiger partial charge is 0.287 e. The molecule has 3 N–H and O–H groups in total. The van der Waals surface area contributed by atoms with Gasteiger partial charge in [0.25, 0.3) is 5.91 Å². The van der Waals surface area contributed by atoms with Gasteiger partial charge < -0.3 is 15.0 Å². The molecule has 0 spiro atoms. The molecule has 0 bridgehead atoms. The van der Waals surface area contributed by atoms with Crippen LogP contribution in [0.2, 0.25) is 0 Å². The Balaban J connectivity index is 1.51. The van der Waals surface area contributed by atoms with Gasteiger partial charge in [-0.3, -0.25) is 9.89 Å². The highest BCUT2D eigenvalue weighted by Gasteiger charge is 2.12. The van der Waals surface area contributed by atoms with Crippen LogP contribution in [0, 0.1) is 0 Å². The van der Waals surface area contributed by atoms with Crippen molar-refractivity contribution in [3.05, 3.63) is 66.2 Å². The SMILES string of the molecule is COc1cccc(CNC(=O)c2nc3ccc(-c4cn[nH]c4)cc3[nH]2)c1. The molecule has 0 atom stereocenters. The molecular formula is C19H17N5O2. The van der Waals surface area contributed by atoms with E-state index in [-0.39, 0.29) is 11.7 Å². The Morgan fingerprint density at radius 2 is 2.12 bits per heavy atom. The summed E-state index contributed by atoms with van der Waals surface area (Å²) in [5.41, 5.74) is 4.47. The van der Waals surface area contributed by atoms with Crippen LogP contribution >= 0.6 is 0 Å². The number of aromatic amines is 2. The van der Waals surface area contributed by atoms with Crippen LogP contribution in [0.3, 0.4) is 0 Å². The van der Waals surface area contributed by atoms with Gasteiger partial charge in [-0.25, -0.2) is 4.98 Å². The molecule has 130 valence electrons. The number of hydrogen-bond acceptors (Lipinski definition) is 4. The molecule has 4 rings (SSSR count). The minimum atomic E-state index is -0.256. The summed E-state index contributed by atoms with van der Waals surface area (Å²) in [5.74, 6) is 0.786. The molecule has 2 aromatic heterocycles. The maximum Gasteiger partial charge on any atom is 0.287 e. The Morgan fingerprint density at radius 3 is 2.92 bits per heavy atom. The number of methoxy groups -OCH3 is 1. The van der Waals surface area contributed by atoms with Crippen molar-refractivity contribution >= 4 is 16.9 Å². The number of rotatable bonds is 5. The summed E-state index contributed by atoms with van der Waals surface area (Å²) in [6.07, 6.45) is 3.57. The molecule has 0 aliphatic rings. The number of benzene rings is 2. The first kappa shape index (κ1) is 15.9. The van der Waals surface area contributed by atoms with E-state index >= 15 is 0 Å². The highest BCUT2D eigenvalue weighted by molar-refractivity contribution is 5.94. The van der Waals surface area contributed by atoms with Crippen LogP contribution in [0.4, 0.5) is 0 Å². The average molecular weight is 347 g/mol. The number of hydrogen-bond donors (Lipinski definition) is 3. The lowest BCUT2D eigenvalue weighted by Crippen LogP contribution is -2.23. The van der Waals surface area contributed by atoms with Crippen LogP contribution in [0.25, 0.3) is 22.2 Å². The Labute approximate surface area is 149 Å². The summed E-state index contributed by atoms with van der Waals surface area (Å²) < 4.78 is 5.19. The summed E-state index contributed by atoms with van der Waals surface area (Å²) in [4.78, 5) is 19.8. The second kappa shape index (κ2) is 6.72. The first-order valence-corrected chi connectivity index (χ1v) is 8.13. The van der Waals surface area contributed by atoms with Crippen molar-refractivity contribution < 1.29 is 9.53 Å². The van der Waals surface area contributed by atoms with E-state index in [1.165, 1.54) is 0 Å².